The van der Waals surface area contributed by atoms with Crippen LogP contribution in [0.3, 0.4) is 0 Å². The normalized spacial score (nSPS) is 12.1. The Bertz CT molecular complexity index is 1730. The molecule has 208 valence electrons. The SMILES string of the molecule is CCOC(=O)Cn1c(=NC(=O)c2ccc(S(=O)(=O)N(C)Cc3ccccc3)cc2)sc2cc(C(=O)OC)ccc21. The molecule has 12 heteroatoms. The van der Waals surface area contributed by atoms with E-state index in [9.17, 15) is 22.8 Å². The van der Waals surface area contributed by atoms with Crippen LogP contribution in [0.1, 0.15) is 33.2 Å². The van der Waals surface area contributed by atoms with Gasteiger partial charge in [-0.25, -0.2) is 13.2 Å². The largest absolute Gasteiger partial charge is 0.465 e. The first-order valence-electron chi connectivity index (χ1n) is 12.2. The fourth-order valence-electron chi connectivity index (χ4n) is 3.92. The minimum Gasteiger partial charge on any atom is -0.465 e. The number of aromatic nitrogens is 1. The summed E-state index contributed by atoms with van der Waals surface area (Å²) in [4.78, 5) is 41.8. The average Bonchev–Trinajstić information content (AvgIpc) is 3.28. The van der Waals surface area contributed by atoms with Crippen LogP contribution in [0.4, 0.5) is 0 Å². The molecule has 10 nitrogen and oxygen atoms in total. The number of fused-ring (bicyclic) bond motifs is 1. The lowest BCUT2D eigenvalue weighted by molar-refractivity contribution is -0.143. The summed E-state index contributed by atoms with van der Waals surface area (Å²) in [5, 5.41) is 0. The molecular weight excluding hydrogens is 554 g/mol. The van der Waals surface area contributed by atoms with Crippen molar-refractivity contribution in [2.24, 2.45) is 4.99 Å². The molecule has 0 aliphatic carbocycles. The standard InChI is InChI=1S/C28H27N3O7S2/c1-4-38-25(32)18-31-23-15-12-21(27(34)37-3)16-24(23)39-28(31)29-26(33)20-10-13-22(14-11-20)40(35,36)30(2)17-19-8-6-5-7-9-19/h5-16H,4,17-18H2,1-3H3. The molecule has 0 saturated carbocycles. The summed E-state index contributed by atoms with van der Waals surface area (Å²) in [6.07, 6.45) is 0. The van der Waals surface area contributed by atoms with Crippen LogP contribution in [0.2, 0.25) is 0 Å². The lowest BCUT2D eigenvalue weighted by atomic mass is 10.2. The van der Waals surface area contributed by atoms with E-state index in [0.29, 0.717) is 15.8 Å². The zero-order valence-corrected chi connectivity index (χ0v) is 23.7. The van der Waals surface area contributed by atoms with Gasteiger partial charge in [-0.15, -0.1) is 0 Å². The van der Waals surface area contributed by atoms with Crippen LogP contribution in [-0.2, 0) is 37.4 Å². The molecule has 0 radical (unpaired) electrons. The number of nitrogens with zero attached hydrogens (tertiary/aromatic N) is 3. The first kappa shape index (κ1) is 28.9. The van der Waals surface area contributed by atoms with Gasteiger partial charge in [0, 0.05) is 19.2 Å². The number of carbonyl (C=O) groups excluding carboxylic acids is 3. The lowest BCUT2D eigenvalue weighted by Gasteiger charge is -2.17. The molecule has 0 atom stereocenters. The van der Waals surface area contributed by atoms with Gasteiger partial charge >= 0.3 is 11.9 Å². The highest BCUT2D eigenvalue weighted by molar-refractivity contribution is 7.89. The van der Waals surface area contributed by atoms with E-state index in [0.717, 1.165) is 16.9 Å². The quantitative estimate of drug-likeness (QED) is 0.277. The number of esters is 2. The van der Waals surface area contributed by atoms with Gasteiger partial charge in [0.05, 0.1) is 34.4 Å². The number of carbonyl (C=O) groups is 3. The zero-order chi connectivity index (χ0) is 28.9. The van der Waals surface area contributed by atoms with E-state index < -0.39 is 27.9 Å². The predicted octanol–water partition coefficient (Wildman–Crippen LogP) is 3.61. The Balaban J connectivity index is 1.65. The summed E-state index contributed by atoms with van der Waals surface area (Å²) >= 11 is 1.12. The Labute approximate surface area is 235 Å². The van der Waals surface area contributed by atoms with Crippen LogP contribution in [0.25, 0.3) is 10.2 Å². The number of amides is 1. The van der Waals surface area contributed by atoms with Crippen LogP contribution in [0.5, 0.6) is 0 Å². The molecule has 0 bridgehead atoms. The summed E-state index contributed by atoms with van der Waals surface area (Å²) in [6.45, 7) is 1.88. The highest BCUT2D eigenvalue weighted by Crippen LogP contribution is 2.21. The summed E-state index contributed by atoms with van der Waals surface area (Å²) in [5.74, 6) is -1.66. The third-order valence-corrected chi connectivity index (χ3v) is 8.81. The van der Waals surface area contributed by atoms with E-state index in [2.05, 4.69) is 4.99 Å². The topological polar surface area (TPSA) is 124 Å². The Morgan fingerprint density at radius 3 is 2.30 bits per heavy atom. The second kappa shape index (κ2) is 12.4. The number of ether oxygens (including phenoxy) is 2. The zero-order valence-electron chi connectivity index (χ0n) is 22.1. The van der Waals surface area contributed by atoms with Crippen molar-refractivity contribution in [3.05, 3.63) is 94.3 Å². The third-order valence-electron chi connectivity index (χ3n) is 5.95. The van der Waals surface area contributed by atoms with Gasteiger partial charge in [-0.2, -0.15) is 9.30 Å². The van der Waals surface area contributed by atoms with Gasteiger partial charge in [-0.1, -0.05) is 41.7 Å². The Morgan fingerprint density at radius 1 is 0.975 bits per heavy atom. The molecule has 0 spiro atoms. The number of hydrogen-bond donors (Lipinski definition) is 0. The minimum absolute atomic E-state index is 0.0389. The van der Waals surface area contributed by atoms with Crippen LogP contribution in [0.15, 0.2) is 82.7 Å². The molecule has 0 aliphatic heterocycles. The van der Waals surface area contributed by atoms with Gasteiger partial charge in [0.15, 0.2) is 4.80 Å². The smallest absolute Gasteiger partial charge is 0.337 e. The van der Waals surface area contributed by atoms with Crippen molar-refractivity contribution in [3.8, 4) is 0 Å². The summed E-state index contributed by atoms with van der Waals surface area (Å²) in [6, 6.07) is 19.5. The van der Waals surface area contributed by atoms with Gasteiger partial charge in [0.1, 0.15) is 6.54 Å². The Kier molecular flexibility index (Phi) is 8.93. The molecule has 1 amide bonds. The van der Waals surface area contributed by atoms with Crippen LogP contribution in [-0.4, -0.2) is 55.9 Å². The number of rotatable bonds is 9. The van der Waals surface area contributed by atoms with Crippen molar-refractivity contribution in [2.75, 3.05) is 20.8 Å². The van der Waals surface area contributed by atoms with Gasteiger partial charge in [-0.05, 0) is 55.0 Å². The van der Waals surface area contributed by atoms with Gasteiger partial charge < -0.3 is 14.0 Å². The van der Waals surface area contributed by atoms with Crippen LogP contribution >= 0.6 is 11.3 Å². The summed E-state index contributed by atoms with van der Waals surface area (Å²) < 4.78 is 39.3. The average molecular weight is 582 g/mol. The molecule has 0 N–H and O–H groups in total. The van der Waals surface area contributed by atoms with Crippen LogP contribution < -0.4 is 4.80 Å². The molecule has 4 aromatic rings. The molecule has 0 saturated heterocycles. The second-order valence-corrected chi connectivity index (χ2v) is 11.7. The second-order valence-electron chi connectivity index (χ2n) is 8.64. The van der Waals surface area contributed by atoms with E-state index in [1.54, 1.807) is 25.1 Å². The Morgan fingerprint density at radius 2 is 1.65 bits per heavy atom. The molecule has 4 rings (SSSR count). The van der Waals surface area contributed by atoms with Gasteiger partial charge in [0.25, 0.3) is 5.91 Å². The van der Waals surface area contributed by atoms with Gasteiger partial charge in [-0.3, -0.25) is 9.59 Å². The molecule has 1 heterocycles. The van der Waals surface area contributed by atoms with Crippen molar-refractivity contribution in [3.63, 3.8) is 0 Å². The molecule has 0 unspecified atom stereocenters. The van der Waals surface area contributed by atoms with E-state index in [4.69, 9.17) is 9.47 Å². The fraction of sp³-hybridized carbons (Fsp3) is 0.214. The highest BCUT2D eigenvalue weighted by atomic mass is 32.2. The maximum atomic E-state index is 13.1. The van der Waals surface area contributed by atoms with Gasteiger partial charge in [0.2, 0.25) is 10.0 Å². The third kappa shape index (κ3) is 6.36. The van der Waals surface area contributed by atoms with Crippen molar-refractivity contribution < 1.29 is 32.3 Å². The first-order chi connectivity index (χ1) is 19.1. The van der Waals surface area contributed by atoms with Crippen molar-refractivity contribution in [1.29, 1.82) is 0 Å². The van der Waals surface area contributed by atoms with Crippen molar-refractivity contribution in [2.45, 2.75) is 24.9 Å². The summed E-state index contributed by atoms with van der Waals surface area (Å²) in [7, 11) is -1.03. The highest BCUT2D eigenvalue weighted by Gasteiger charge is 2.21. The number of hydrogen-bond acceptors (Lipinski definition) is 8. The van der Waals surface area contributed by atoms with E-state index in [1.165, 1.54) is 47.3 Å². The summed E-state index contributed by atoms with van der Waals surface area (Å²) in [5.41, 5.74) is 1.91. The maximum Gasteiger partial charge on any atom is 0.337 e. The lowest BCUT2D eigenvalue weighted by Crippen LogP contribution is -2.26. The van der Waals surface area contributed by atoms with E-state index >= 15 is 0 Å². The van der Waals surface area contributed by atoms with Crippen molar-refractivity contribution >= 4 is 49.4 Å². The number of thiazole rings is 1. The monoisotopic (exact) mass is 581 g/mol. The predicted molar refractivity (Wildman–Crippen MR) is 149 cm³/mol. The number of methoxy groups -OCH3 is 1. The molecule has 0 fully saturated rings. The van der Waals surface area contributed by atoms with Crippen molar-refractivity contribution in [1.82, 2.24) is 8.87 Å². The number of benzene rings is 3. The maximum absolute atomic E-state index is 13.1. The Hall–Kier alpha value is -4.13. The van der Waals surface area contributed by atoms with Crippen LogP contribution in [0, 0.1) is 0 Å². The van der Waals surface area contributed by atoms with E-state index in [1.807, 2.05) is 30.3 Å². The first-order valence-corrected chi connectivity index (χ1v) is 14.5. The number of sulfonamides is 1. The molecule has 1 aromatic heterocycles. The molecule has 3 aromatic carbocycles. The van der Waals surface area contributed by atoms with E-state index in [-0.39, 0.29) is 35.0 Å². The molecule has 40 heavy (non-hydrogen) atoms. The minimum atomic E-state index is -3.79. The molecule has 0 aliphatic rings. The fourth-order valence-corrected chi connectivity index (χ4v) is 6.14. The molecular formula is C28H27N3O7S2.